The Hall–Kier alpha value is -0.540. The molecule has 15 heavy (non-hydrogen) atoms. The van der Waals surface area contributed by atoms with Gasteiger partial charge in [-0.2, -0.15) is 0 Å². The van der Waals surface area contributed by atoms with E-state index >= 15 is 0 Å². The highest BCUT2D eigenvalue weighted by Crippen LogP contribution is 2.27. The molecule has 0 spiro atoms. The summed E-state index contributed by atoms with van der Waals surface area (Å²) >= 11 is 1.83. The quantitative estimate of drug-likeness (QED) is 0.799. The third-order valence-corrected chi connectivity index (χ3v) is 3.84. The second-order valence-corrected chi connectivity index (χ2v) is 5.62. The largest absolute Gasteiger partial charge is 0.326 e. The maximum atomic E-state index is 5.64. The Kier molecular flexibility index (Phi) is 4.61. The molecule has 1 aromatic heterocycles. The molecule has 0 radical (unpaired) electrons. The lowest BCUT2D eigenvalue weighted by atomic mass is 10.2. The Morgan fingerprint density at radius 1 is 1.33 bits per heavy atom. The van der Waals surface area contributed by atoms with E-state index < -0.39 is 0 Å². The van der Waals surface area contributed by atoms with Crippen LogP contribution < -0.4 is 5.73 Å². The summed E-state index contributed by atoms with van der Waals surface area (Å²) in [6, 6.07) is 4.14. The Bertz CT molecular complexity index is 323. The molecule has 3 heteroatoms. The zero-order valence-corrected chi connectivity index (χ0v) is 10.8. The maximum Gasteiger partial charge on any atom is 0.0968 e. The van der Waals surface area contributed by atoms with Crippen LogP contribution in [0.15, 0.2) is 17.2 Å². The normalized spacial score (nSPS) is 13.2. The van der Waals surface area contributed by atoms with Gasteiger partial charge in [-0.25, -0.2) is 4.98 Å². The van der Waals surface area contributed by atoms with Crippen LogP contribution >= 0.6 is 11.8 Å². The number of aromatic nitrogens is 1. The Morgan fingerprint density at radius 3 is 2.53 bits per heavy atom. The maximum absolute atomic E-state index is 5.64. The van der Waals surface area contributed by atoms with E-state index in [0.717, 1.165) is 10.7 Å². The fourth-order valence-electron chi connectivity index (χ4n) is 1.21. The van der Waals surface area contributed by atoms with Gasteiger partial charge in [-0.1, -0.05) is 20.8 Å². The number of aryl methyl sites for hydroxylation is 1. The molecule has 1 heterocycles. The van der Waals surface area contributed by atoms with Crippen LogP contribution in [0, 0.1) is 12.8 Å². The summed E-state index contributed by atoms with van der Waals surface area (Å²) in [5, 5.41) is 1.68. The van der Waals surface area contributed by atoms with Gasteiger partial charge in [0.1, 0.15) is 0 Å². The molecule has 0 aliphatic heterocycles. The first-order valence-electron chi connectivity index (χ1n) is 5.37. The van der Waals surface area contributed by atoms with Gasteiger partial charge in [0.15, 0.2) is 0 Å². The fraction of sp³-hybridized carbons (Fsp3) is 0.583. The van der Waals surface area contributed by atoms with Crippen molar-refractivity contribution in [3.8, 4) is 0 Å². The van der Waals surface area contributed by atoms with Crippen molar-refractivity contribution in [2.45, 2.75) is 44.5 Å². The van der Waals surface area contributed by atoms with Crippen molar-refractivity contribution in [1.82, 2.24) is 4.98 Å². The van der Waals surface area contributed by atoms with Gasteiger partial charge in [0.25, 0.3) is 0 Å². The van der Waals surface area contributed by atoms with Gasteiger partial charge >= 0.3 is 0 Å². The van der Waals surface area contributed by atoms with Crippen molar-refractivity contribution in [1.29, 1.82) is 0 Å². The molecular weight excluding hydrogens is 204 g/mol. The molecule has 84 valence electrons. The van der Waals surface area contributed by atoms with Crippen LogP contribution in [0.1, 0.15) is 32.0 Å². The van der Waals surface area contributed by atoms with Crippen LogP contribution in [0.2, 0.25) is 0 Å². The molecular formula is C12H20N2S. The summed E-state index contributed by atoms with van der Waals surface area (Å²) in [4.78, 5) is 4.51. The summed E-state index contributed by atoms with van der Waals surface area (Å²) in [6.07, 6.45) is 0. The average Bonchev–Trinajstić information content (AvgIpc) is 2.16. The van der Waals surface area contributed by atoms with E-state index in [-0.39, 0.29) is 0 Å². The van der Waals surface area contributed by atoms with Crippen molar-refractivity contribution in [3.05, 3.63) is 23.4 Å². The van der Waals surface area contributed by atoms with Crippen LogP contribution in [0.3, 0.4) is 0 Å². The third kappa shape index (κ3) is 3.84. The lowest BCUT2D eigenvalue weighted by Crippen LogP contribution is -2.06. The summed E-state index contributed by atoms with van der Waals surface area (Å²) in [6.45, 7) is 9.31. The molecule has 0 saturated heterocycles. The second-order valence-electron chi connectivity index (χ2n) is 4.23. The molecule has 0 saturated carbocycles. The number of thioether (sulfide) groups is 1. The fourth-order valence-corrected chi connectivity index (χ4v) is 2.28. The zero-order chi connectivity index (χ0) is 11.4. The van der Waals surface area contributed by atoms with E-state index in [1.54, 1.807) is 0 Å². The SMILES string of the molecule is Cc1cc(CN)cc(SC(C)C(C)C)n1. The van der Waals surface area contributed by atoms with Crippen LogP contribution in [0.25, 0.3) is 0 Å². The van der Waals surface area contributed by atoms with Gasteiger partial charge in [0.2, 0.25) is 0 Å². The van der Waals surface area contributed by atoms with Gasteiger partial charge < -0.3 is 5.73 Å². The lowest BCUT2D eigenvalue weighted by Gasteiger charge is -2.15. The van der Waals surface area contributed by atoms with Crippen LogP contribution in [-0.2, 0) is 6.54 Å². The topological polar surface area (TPSA) is 38.9 Å². The van der Waals surface area contributed by atoms with Gasteiger partial charge in [-0.15, -0.1) is 11.8 Å². The molecule has 2 nitrogen and oxygen atoms in total. The first-order valence-corrected chi connectivity index (χ1v) is 6.25. The molecule has 1 atom stereocenters. The minimum Gasteiger partial charge on any atom is -0.326 e. The molecule has 0 aromatic carbocycles. The molecule has 1 aromatic rings. The summed E-state index contributed by atoms with van der Waals surface area (Å²) in [7, 11) is 0. The first-order chi connectivity index (χ1) is 7.02. The zero-order valence-electron chi connectivity index (χ0n) is 9.95. The van der Waals surface area contributed by atoms with E-state index in [1.807, 2.05) is 24.8 Å². The highest BCUT2D eigenvalue weighted by molar-refractivity contribution is 7.99. The highest BCUT2D eigenvalue weighted by atomic mass is 32.2. The standard InChI is InChI=1S/C12H20N2S/c1-8(2)10(4)15-12-6-11(7-13)5-9(3)14-12/h5-6,8,10H,7,13H2,1-4H3. The third-order valence-electron chi connectivity index (χ3n) is 2.47. The molecule has 1 rings (SSSR count). The van der Waals surface area contributed by atoms with Crippen molar-refractivity contribution >= 4 is 11.8 Å². The number of nitrogens with two attached hydrogens (primary N) is 1. The van der Waals surface area contributed by atoms with Gasteiger partial charge in [-0.3, -0.25) is 0 Å². The predicted octanol–water partition coefficient (Wildman–Crippen LogP) is 2.99. The molecule has 0 bridgehead atoms. The molecule has 1 unspecified atom stereocenters. The first kappa shape index (κ1) is 12.5. The van der Waals surface area contributed by atoms with Gasteiger partial charge in [0, 0.05) is 17.5 Å². The molecule has 0 fully saturated rings. The second kappa shape index (κ2) is 5.52. The number of hydrogen-bond donors (Lipinski definition) is 1. The van der Waals surface area contributed by atoms with E-state index in [2.05, 4.69) is 31.8 Å². The Labute approximate surface area is 96.7 Å². The highest BCUT2D eigenvalue weighted by Gasteiger charge is 2.10. The molecule has 0 aliphatic rings. The van der Waals surface area contributed by atoms with Crippen molar-refractivity contribution in [3.63, 3.8) is 0 Å². The molecule has 0 aliphatic carbocycles. The van der Waals surface area contributed by atoms with Crippen LogP contribution in [0.5, 0.6) is 0 Å². The van der Waals surface area contributed by atoms with E-state index in [0.29, 0.717) is 17.7 Å². The monoisotopic (exact) mass is 224 g/mol. The summed E-state index contributed by atoms with van der Waals surface area (Å²) in [5.74, 6) is 0.665. The smallest absolute Gasteiger partial charge is 0.0968 e. The average molecular weight is 224 g/mol. The Morgan fingerprint density at radius 2 is 2.00 bits per heavy atom. The minimum atomic E-state index is 0.588. The van der Waals surface area contributed by atoms with Crippen LogP contribution in [-0.4, -0.2) is 10.2 Å². The Balaban J connectivity index is 2.80. The number of rotatable bonds is 4. The lowest BCUT2D eigenvalue weighted by molar-refractivity contribution is 0.641. The van der Waals surface area contributed by atoms with Gasteiger partial charge in [0.05, 0.1) is 5.03 Å². The van der Waals surface area contributed by atoms with E-state index in [4.69, 9.17) is 5.73 Å². The van der Waals surface area contributed by atoms with Gasteiger partial charge in [-0.05, 0) is 30.5 Å². The number of nitrogens with zero attached hydrogens (tertiary/aromatic N) is 1. The van der Waals surface area contributed by atoms with E-state index in [1.165, 1.54) is 5.56 Å². The van der Waals surface area contributed by atoms with Crippen LogP contribution in [0.4, 0.5) is 0 Å². The van der Waals surface area contributed by atoms with Crippen molar-refractivity contribution in [2.75, 3.05) is 0 Å². The van der Waals surface area contributed by atoms with Crippen molar-refractivity contribution in [2.24, 2.45) is 11.7 Å². The number of hydrogen-bond acceptors (Lipinski definition) is 3. The summed E-state index contributed by atoms with van der Waals surface area (Å²) < 4.78 is 0. The molecule has 0 amide bonds. The number of pyridine rings is 1. The predicted molar refractivity (Wildman–Crippen MR) is 67.0 cm³/mol. The van der Waals surface area contributed by atoms with E-state index in [9.17, 15) is 0 Å². The van der Waals surface area contributed by atoms with Crippen molar-refractivity contribution < 1.29 is 0 Å². The summed E-state index contributed by atoms with van der Waals surface area (Å²) in [5.41, 5.74) is 7.86. The molecule has 2 N–H and O–H groups in total. The minimum absolute atomic E-state index is 0.588.